The zero-order chi connectivity index (χ0) is 16.9. The predicted octanol–water partition coefficient (Wildman–Crippen LogP) is 1.01. The van der Waals surface area contributed by atoms with Crippen LogP contribution in [0, 0.1) is 0 Å². The molecule has 0 saturated carbocycles. The highest BCUT2D eigenvalue weighted by Gasteiger charge is 2.24. The SMILES string of the molecule is CN(Cc1ccccc1N1CCOCC1)C(=O)CN1CSCC1=O. The molecule has 2 aliphatic rings. The quantitative estimate of drug-likeness (QED) is 0.794. The first kappa shape index (κ1) is 17.1. The summed E-state index contributed by atoms with van der Waals surface area (Å²) in [7, 11) is 1.80. The molecule has 2 saturated heterocycles. The molecule has 0 radical (unpaired) electrons. The number of hydrogen-bond donors (Lipinski definition) is 0. The first-order valence-electron chi connectivity index (χ1n) is 8.15. The van der Waals surface area contributed by atoms with E-state index in [0.717, 1.165) is 37.6 Å². The second-order valence-electron chi connectivity index (χ2n) is 6.05. The van der Waals surface area contributed by atoms with E-state index in [9.17, 15) is 9.59 Å². The fourth-order valence-corrected chi connectivity index (χ4v) is 3.83. The minimum Gasteiger partial charge on any atom is -0.378 e. The van der Waals surface area contributed by atoms with Crippen LogP contribution in [0.4, 0.5) is 5.69 Å². The van der Waals surface area contributed by atoms with Crippen LogP contribution < -0.4 is 4.90 Å². The van der Waals surface area contributed by atoms with Crippen LogP contribution in [-0.2, 0) is 20.9 Å². The van der Waals surface area contributed by atoms with Crippen LogP contribution in [0.5, 0.6) is 0 Å². The van der Waals surface area contributed by atoms with Crippen LogP contribution in [0.3, 0.4) is 0 Å². The summed E-state index contributed by atoms with van der Waals surface area (Å²) in [6.45, 7) is 3.92. The highest BCUT2D eigenvalue weighted by atomic mass is 32.2. The maximum Gasteiger partial charge on any atom is 0.242 e. The van der Waals surface area contributed by atoms with Gasteiger partial charge < -0.3 is 19.4 Å². The Morgan fingerprint density at radius 3 is 2.75 bits per heavy atom. The van der Waals surface area contributed by atoms with Gasteiger partial charge in [0, 0.05) is 32.4 Å². The van der Waals surface area contributed by atoms with Gasteiger partial charge in [0.15, 0.2) is 0 Å². The van der Waals surface area contributed by atoms with Gasteiger partial charge in [-0.25, -0.2) is 0 Å². The van der Waals surface area contributed by atoms with E-state index >= 15 is 0 Å². The molecule has 6 nitrogen and oxygen atoms in total. The molecule has 7 heteroatoms. The zero-order valence-electron chi connectivity index (χ0n) is 13.9. The molecule has 2 aliphatic heterocycles. The summed E-state index contributed by atoms with van der Waals surface area (Å²) in [6.07, 6.45) is 0. The maximum absolute atomic E-state index is 12.4. The summed E-state index contributed by atoms with van der Waals surface area (Å²) < 4.78 is 5.42. The van der Waals surface area contributed by atoms with Gasteiger partial charge in [0.2, 0.25) is 11.8 Å². The Balaban J connectivity index is 1.64. The lowest BCUT2D eigenvalue weighted by Crippen LogP contribution is -2.40. The van der Waals surface area contributed by atoms with E-state index in [4.69, 9.17) is 4.74 Å². The molecule has 0 N–H and O–H groups in total. The highest BCUT2D eigenvalue weighted by Crippen LogP contribution is 2.23. The topological polar surface area (TPSA) is 53.1 Å². The van der Waals surface area contributed by atoms with Crippen molar-refractivity contribution in [2.24, 2.45) is 0 Å². The third-order valence-electron chi connectivity index (χ3n) is 4.33. The standard InChI is InChI=1S/C17H23N3O3S/c1-18(16(21)11-20-13-24-12-17(20)22)10-14-4-2-3-5-15(14)19-6-8-23-9-7-19/h2-5H,6-13H2,1H3. The lowest BCUT2D eigenvalue weighted by Gasteiger charge is -2.31. The molecule has 0 unspecified atom stereocenters. The smallest absolute Gasteiger partial charge is 0.242 e. The van der Waals surface area contributed by atoms with Crippen molar-refractivity contribution in [2.45, 2.75) is 6.54 Å². The van der Waals surface area contributed by atoms with E-state index in [2.05, 4.69) is 17.0 Å². The van der Waals surface area contributed by atoms with Gasteiger partial charge in [0.1, 0.15) is 6.54 Å². The van der Waals surface area contributed by atoms with Gasteiger partial charge in [0.05, 0.1) is 24.8 Å². The summed E-state index contributed by atoms with van der Waals surface area (Å²) in [5.41, 5.74) is 2.28. The third-order valence-corrected chi connectivity index (χ3v) is 5.27. The Bertz CT molecular complexity index is 604. The fraction of sp³-hybridized carbons (Fsp3) is 0.529. The fourth-order valence-electron chi connectivity index (χ4n) is 2.93. The van der Waals surface area contributed by atoms with E-state index in [1.807, 2.05) is 12.1 Å². The summed E-state index contributed by atoms with van der Waals surface area (Å²) in [5.74, 6) is 1.12. The largest absolute Gasteiger partial charge is 0.378 e. The molecule has 130 valence electrons. The van der Waals surface area contributed by atoms with Gasteiger partial charge in [-0.3, -0.25) is 9.59 Å². The molecule has 0 bridgehead atoms. The molecular weight excluding hydrogens is 326 g/mol. The van der Waals surface area contributed by atoms with Crippen LogP contribution in [-0.4, -0.2) is 73.1 Å². The number of likely N-dealkylation sites (N-methyl/N-ethyl adjacent to an activating group) is 1. The molecule has 2 heterocycles. The number of para-hydroxylation sites is 1. The van der Waals surface area contributed by atoms with Gasteiger partial charge >= 0.3 is 0 Å². The summed E-state index contributed by atoms with van der Waals surface area (Å²) >= 11 is 1.56. The molecule has 0 spiro atoms. The Morgan fingerprint density at radius 1 is 1.29 bits per heavy atom. The van der Waals surface area contributed by atoms with Gasteiger partial charge in [-0.2, -0.15) is 0 Å². The van der Waals surface area contributed by atoms with E-state index in [0.29, 0.717) is 18.2 Å². The predicted molar refractivity (Wildman–Crippen MR) is 95.0 cm³/mol. The summed E-state index contributed by atoms with van der Waals surface area (Å²) in [5, 5.41) is 0. The monoisotopic (exact) mass is 349 g/mol. The lowest BCUT2D eigenvalue weighted by atomic mass is 10.1. The number of amides is 2. The molecule has 1 aromatic rings. The number of rotatable bonds is 5. The number of anilines is 1. The number of carbonyl (C=O) groups excluding carboxylic acids is 2. The molecule has 2 fully saturated rings. The Labute approximate surface area is 146 Å². The average molecular weight is 349 g/mol. The van der Waals surface area contributed by atoms with Crippen molar-refractivity contribution in [1.82, 2.24) is 9.80 Å². The second-order valence-corrected chi connectivity index (χ2v) is 7.00. The van der Waals surface area contributed by atoms with Crippen molar-refractivity contribution in [2.75, 3.05) is 56.4 Å². The highest BCUT2D eigenvalue weighted by molar-refractivity contribution is 8.00. The molecule has 24 heavy (non-hydrogen) atoms. The molecule has 0 aromatic heterocycles. The Morgan fingerprint density at radius 2 is 2.04 bits per heavy atom. The molecular formula is C17H23N3O3S. The Hall–Kier alpha value is -1.73. The van der Waals surface area contributed by atoms with Crippen molar-refractivity contribution in [1.29, 1.82) is 0 Å². The van der Waals surface area contributed by atoms with Crippen molar-refractivity contribution in [3.8, 4) is 0 Å². The van der Waals surface area contributed by atoms with Crippen molar-refractivity contribution in [3.05, 3.63) is 29.8 Å². The van der Waals surface area contributed by atoms with Crippen LogP contribution in [0.15, 0.2) is 24.3 Å². The van der Waals surface area contributed by atoms with E-state index < -0.39 is 0 Å². The van der Waals surface area contributed by atoms with Crippen LogP contribution in [0.25, 0.3) is 0 Å². The number of hydrogen-bond acceptors (Lipinski definition) is 5. The van der Waals surface area contributed by atoms with Crippen LogP contribution in [0.2, 0.25) is 0 Å². The molecule has 2 amide bonds. The van der Waals surface area contributed by atoms with Gasteiger partial charge in [-0.15, -0.1) is 11.8 Å². The maximum atomic E-state index is 12.4. The van der Waals surface area contributed by atoms with E-state index in [-0.39, 0.29) is 18.4 Å². The number of nitrogens with zero attached hydrogens (tertiary/aromatic N) is 3. The Kier molecular flexibility index (Phi) is 5.63. The molecule has 3 rings (SSSR count). The lowest BCUT2D eigenvalue weighted by molar-refractivity contribution is -0.137. The summed E-state index contributed by atoms with van der Waals surface area (Å²) in [4.78, 5) is 29.7. The zero-order valence-corrected chi connectivity index (χ0v) is 14.8. The third kappa shape index (κ3) is 4.02. The van der Waals surface area contributed by atoms with E-state index in [1.54, 1.807) is 28.6 Å². The minimum atomic E-state index is -0.0253. The normalized spacial score (nSPS) is 18.1. The van der Waals surface area contributed by atoms with Gasteiger partial charge in [-0.1, -0.05) is 18.2 Å². The first-order chi connectivity index (χ1) is 11.6. The second kappa shape index (κ2) is 7.90. The number of carbonyl (C=O) groups is 2. The first-order valence-corrected chi connectivity index (χ1v) is 9.30. The van der Waals surface area contributed by atoms with Crippen molar-refractivity contribution < 1.29 is 14.3 Å². The molecule has 1 aromatic carbocycles. The number of ether oxygens (including phenoxy) is 1. The van der Waals surface area contributed by atoms with Gasteiger partial charge in [0.25, 0.3) is 0 Å². The number of morpholine rings is 1. The number of thioether (sulfide) groups is 1. The van der Waals surface area contributed by atoms with Crippen molar-refractivity contribution in [3.63, 3.8) is 0 Å². The number of benzene rings is 1. The minimum absolute atomic E-state index is 0.0253. The molecule has 0 aliphatic carbocycles. The van der Waals surface area contributed by atoms with Gasteiger partial charge in [-0.05, 0) is 11.6 Å². The average Bonchev–Trinajstić information content (AvgIpc) is 3.01. The van der Waals surface area contributed by atoms with E-state index in [1.165, 1.54) is 0 Å². The van der Waals surface area contributed by atoms with Crippen molar-refractivity contribution >= 4 is 29.3 Å². The van der Waals surface area contributed by atoms with Crippen LogP contribution >= 0.6 is 11.8 Å². The summed E-state index contributed by atoms with van der Waals surface area (Å²) in [6, 6.07) is 8.18. The van der Waals surface area contributed by atoms with Crippen LogP contribution in [0.1, 0.15) is 5.56 Å². The molecule has 0 atom stereocenters.